The predicted molar refractivity (Wildman–Crippen MR) is 84.5 cm³/mol. The number of anilines is 1. The highest BCUT2D eigenvalue weighted by molar-refractivity contribution is 6.31. The van der Waals surface area contributed by atoms with E-state index >= 15 is 0 Å². The fourth-order valence-corrected chi connectivity index (χ4v) is 3.30. The maximum atomic E-state index is 12.7. The third-order valence-electron chi connectivity index (χ3n) is 4.37. The zero-order valence-corrected chi connectivity index (χ0v) is 13.2. The summed E-state index contributed by atoms with van der Waals surface area (Å²) >= 11 is 6.04. The first-order chi connectivity index (χ1) is 9.54. The highest BCUT2D eigenvalue weighted by atomic mass is 35.5. The monoisotopic (exact) mass is 294 g/mol. The smallest absolute Gasteiger partial charge is 0.256 e. The van der Waals surface area contributed by atoms with Crippen molar-refractivity contribution in [2.45, 2.75) is 38.6 Å². The van der Waals surface area contributed by atoms with Crippen LogP contribution in [-0.4, -0.2) is 30.9 Å². The standard InChI is InChI=1S/C16H23ClN2O/c1-11-6-4-5-7-15(11)19(3)16(20)13-10-12(17)8-9-14(13)18-2/h8-11,15,18H,4-7H2,1-3H3. The number of amides is 1. The van der Waals surface area contributed by atoms with E-state index in [0.717, 1.165) is 12.1 Å². The lowest BCUT2D eigenvalue weighted by molar-refractivity contribution is 0.0630. The van der Waals surface area contributed by atoms with Crippen LogP contribution in [0, 0.1) is 5.92 Å². The lowest BCUT2D eigenvalue weighted by Gasteiger charge is -2.36. The third-order valence-corrected chi connectivity index (χ3v) is 4.60. The highest BCUT2D eigenvalue weighted by Crippen LogP contribution is 2.29. The fraction of sp³-hybridized carbons (Fsp3) is 0.562. The van der Waals surface area contributed by atoms with E-state index in [-0.39, 0.29) is 5.91 Å². The normalized spacial score (nSPS) is 22.4. The Morgan fingerprint density at radius 2 is 2.05 bits per heavy atom. The molecule has 0 aromatic heterocycles. The summed E-state index contributed by atoms with van der Waals surface area (Å²) in [6.45, 7) is 2.24. The molecule has 1 aliphatic carbocycles. The molecule has 110 valence electrons. The molecule has 1 aromatic rings. The van der Waals surface area contributed by atoms with Crippen LogP contribution in [0.15, 0.2) is 18.2 Å². The van der Waals surface area contributed by atoms with Gasteiger partial charge in [-0.15, -0.1) is 0 Å². The number of carbonyl (C=O) groups excluding carboxylic acids is 1. The lowest BCUT2D eigenvalue weighted by Crippen LogP contribution is -2.42. The second-order valence-electron chi connectivity index (χ2n) is 5.69. The molecule has 2 rings (SSSR count). The molecule has 0 heterocycles. The molecule has 1 saturated carbocycles. The maximum Gasteiger partial charge on any atom is 0.256 e. The van der Waals surface area contributed by atoms with Gasteiger partial charge in [0.05, 0.1) is 5.56 Å². The molecule has 0 bridgehead atoms. The summed E-state index contributed by atoms with van der Waals surface area (Å²) in [5.41, 5.74) is 1.48. The largest absolute Gasteiger partial charge is 0.387 e. The summed E-state index contributed by atoms with van der Waals surface area (Å²) in [6.07, 6.45) is 4.79. The van der Waals surface area contributed by atoms with Crippen molar-refractivity contribution in [3.05, 3.63) is 28.8 Å². The van der Waals surface area contributed by atoms with Crippen molar-refractivity contribution < 1.29 is 4.79 Å². The summed E-state index contributed by atoms with van der Waals surface area (Å²) in [5, 5.41) is 3.66. The van der Waals surface area contributed by atoms with Crippen molar-refractivity contribution in [1.29, 1.82) is 0 Å². The molecule has 1 aromatic carbocycles. The molecule has 0 radical (unpaired) electrons. The van der Waals surface area contributed by atoms with Gasteiger partial charge in [-0.1, -0.05) is 31.4 Å². The van der Waals surface area contributed by atoms with Gasteiger partial charge in [0.25, 0.3) is 5.91 Å². The molecular formula is C16H23ClN2O. The van der Waals surface area contributed by atoms with Gasteiger partial charge in [-0.2, -0.15) is 0 Å². The van der Waals surface area contributed by atoms with Gasteiger partial charge in [-0.05, 0) is 37.0 Å². The van der Waals surface area contributed by atoms with E-state index in [1.807, 2.05) is 25.1 Å². The van der Waals surface area contributed by atoms with E-state index in [4.69, 9.17) is 11.6 Å². The van der Waals surface area contributed by atoms with Crippen molar-refractivity contribution in [2.75, 3.05) is 19.4 Å². The molecule has 0 spiro atoms. The number of nitrogens with zero attached hydrogens (tertiary/aromatic N) is 1. The van der Waals surface area contributed by atoms with E-state index in [1.165, 1.54) is 19.3 Å². The van der Waals surface area contributed by atoms with Crippen LogP contribution in [0.4, 0.5) is 5.69 Å². The Bertz CT molecular complexity index is 489. The lowest BCUT2D eigenvalue weighted by atomic mass is 9.85. The van der Waals surface area contributed by atoms with Crippen LogP contribution in [0.1, 0.15) is 43.0 Å². The molecule has 3 nitrogen and oxygen atoms in total. The average Bonchev–Trinajstić information content (AvgIpc) is 2.46. The number of nitrogens with one attached hydrogen (secondary N) is 1. The van der Waals surface area contributed by atoms with Gasteiger partial charge in [0.1, 0.15) is 0 Å². The minimum Gasteiger partial charge on any atom is -0.387 e. The third kappa shape index (κ3) is 3.09. The Morgan fingerprint density at radius 3 is 2.70 bits per heavy atom. The SMILES string of the molecule is CNc1ccc(Cl)cc1C(=O)N(C)C1CCCCC1C. The topological polar surface area (TPSA) is 32.3 Å². The minimum atomic E-state index is 0.0515. The summed E-state index contributed by atoms with van der Waals surface area (Å²) < 4.78 is 0. The Labute approximate surface area is 126 Å². The first-order valence-electron chi connectivity index (χ1n) is 7.29. The van der Waals surface area contributed by atoms with Gasteiger partial charge >= 0.3 is 0 Å². The van der Waals surface area contributed by atoms with Crippen molar-refractivity contribution in [3.63, 3.8) is 0 Å². The van der Waals surface area contributed by atoms with E-state index in [2.05, 4.69) is 12.2 Å². The average molecular weight is 295 g/mol. The molecule has 2 atom stereocenters. The zero-order chi connectivity index (χ0) is 14.7. The van der Waals surface area contributed by atoms with E-state index in [1.54, 1.807) is 12.1 Å². The van der Waals surface area contributed by atoms with Crippen LogP contribution in [0.5, 0.6) is 0 Å². The Hall–Kier alpha value is -1.22. The second-order valence-corrected chi connectivity index (χ2v) is 6.12. The first kappa shape index (κ1) is 15.2. The Kier molecular flexibility index (Phi) is 4.92. The number of benzene rings is 1. The molecule has 0 aliphatic heterocycles. The van der Waals surface area contributed by atoms with Crippen molar-refractivity contribution >= 4 is 23.2 Å². The number of hydrogen-bond donors (Lipinski definition) is 1. The van der Waals surface area contributed by atoms with Crippen molar-refractivity contribution in [1.82, 2.24) is 4.90 Å². The van der Waals surface area contributed by atoms with Crippen LogP contribution in [0.25, 0.3) is 0 Å². The molecule has 1 amide bonds. The van der Waals surface area contributed by atoms with Gasteiger partial charge in [0.2, 0.25) is 0 Å². The number of halogens is 1. The molecule has 1 fully saturated rings. The zero-order valence-electron chi connectivity index (χ0n) is 12.4. The minimum absolute atomic E-state index is 0.0515. The van der Waals surface area contributed by atoms with Gasteiger partial charge in [0.15, 0.2) is 0 Å². The van der Waals surface area contributed by atoms with Crippen LogP contribution >= 0.6 is 11.6 Å². The molecular weight excluding hydrogens is 272 g/mol. The number of rotatable bonds is 3. The summed E-state index contributed by atoms with van der Waals surface area (Å²) in [7, 11) is 3.73. The van der Waals surface area contributed by atoms with Gasteiger partial charge < -0.3 is 10.2 Å². The summed E-state index contributed by atoms with van der Waals surface area (Å²) in [6, 6.07) is 5.74. The molecule has 2 unspecified atom stereocenters. The highest BCUT2D eigenvalue weighted by Gasteiger charge is 2.29. The van der Waals surface area contributed by atoms with Crippen LogP contribution < -0.4 is 5.32 Å². The van der Waals surface area contributed by atoms with E-state index in [9.17, 15) is 4.79 Å². The van der Waals surface area contributed by atoms with Crippen molar-refractivity contribution in [3.8, 4) is 0 Å². The summed E-state index contributed by atoms with van der Waals surface area (Å²) in [4.78, 5) is 14.6. The van der Waals surface area contributed by atoms with Crippen LogP contribution in [-0.2, 0) is 0 Å². The van der Waals surface area contributed by atoms with E-state index < -0.39 is 0 Å². The fourth-order valence-electron chi connectivity index (χ4n) is 3.12. The Morgan fingerprint density at radius 1 is 1.35 bits per heavy atom. The molecule has 1 aliphatic rings. The molecule has 20 heavy (non-hydrogen) atoms. The Balaban J connectivity index is 2.23. The number of hydrogen-bond acceptors (Lipinski definition) is 2. The summed E-state index contributed by atoms with van der Waals surface area (Å²) in [5.74, 6) is 0.616. The first-order valence-corrected chi connectivity index (χ1v) is 7.67. The van der Waals surface area contributed by atoms with E-state index in [0.29, 0.717) is 22.5 Å². The maximum absolute atomic E-state index is 12.7. The van der Waals surface area contributed by atoms with Crippen LogP contribution in [0.2, 0.25) is 5.02 Å². The second kappa shape index (κ2) is 6.49. The quantitative estimate of drug-likeness (QED) is 0.913. The van der Waals surface area contributed by atoms with Crippen LogP contribution in [0.3, 0.4) is 0 Å². The number of carbonyl (C=O) groups is 1. The van der Waals surface area contributed by atoms with Gasteiger partial charge in [-0.25, -0.2) is 0 Å². The molecule has 4 heteroatoms. The van der Waals surface area contributed by atoms with Gasteiger partial charge in [-0.3, -0.25) is 4.79 Å². The molecule has 1 N–H and O–H groups in total. The van der Waals surface area contributed by atoms with Crippen molar-refractivity contribution in [2.24, 2.45) is 5.92 Å². The molecule has 0 saturated heterocycles. The predicted octanol–water partition coefficient (Wildman–Crippen LogP) is 4.03. The van der Waals surface area contributed by atoms with Gasteiger partial charge in [0, 0.05) is 30.8 Å².